The highest BCUT2D eigenvalue weighted by Crippen LogP contribution is 2.33. The van der Waals surface area contributed by atoms with Gasteiger partial charge < -0.3 is 19.9 Å². The lowest BCUT2D eigenvalue weighted by molar-refractivity contribution is -0.274. The van der Waals surface area contributed by atoms with Crippen molar-refractivity contribution in [3.63, 3.8) is 0 Å². The summed E-state index contributed by atoms with van der Waals surface area (Å²) in [5.41, 5.74) is 0.741. The van der Waals surface area contributed by atoms with Crippen LogP contribution < -0.4 is 14.8 Å². The molecule has 1 fully saturated rings. The Balaban J connectivity index is 1.74. The molecule has 3 aromatic rings. The van der Waals surface area contributed by atoms with E-state index in [-0.39, 0.29) is 40.5 Å². The molecule has 0 bridgehead atoms. The summed E-state index contributed by atoms with van der Waals surface area (Å²) in [6.45, 7) is 0.0667. The number of hydrogen-bond acceptors (Lipinski definition) is 6. The van der Waals surface area contributed by atoms with Gasteiger partial charge in [0, 0.05) is 24.2 Å². The maximum Gasteiger partial charge on any atom is 0.573 e. The molecule has 1 saturated carbocycles. The quantitative estimate of drug-likeness (QED) is 0.337. The maximum absolute atomic E-state index is 13.7. The highest BCUT2D eigenvalue weighted by atomic mass is 127. The van der Waals surface area contributed by atoms with E-state index in [0.717, 1.165) is 17.0 Å². The number of hydrogen-bond donors (Lipinski definition) is 2. The van der Waals surface area contributed by atoms with E-state index in [2.05, 4.69) is 15.0 Å². The predicted octanol–water partition coefficient (Wildman–Crippen LogP) is 5.19. The van der Waals surface area contributed by atoms with Crippen molar-refractivity contribution in [1.29, 1.82) is 0 Å². The van der Waals surface area contributed by atoms with Gasteiger partial charge in [-0.25, -0.2) is 4.79 Å². The molecule has 0 unspecified atom stereocenters. The van der Waals surface area contributed by atoms with Crippen LogP contribution in [-0.4, -0.2) is 57.1 Å². The molecule has 202 valence electrons. The number of halogens is 5. The minimum absolute atomic E-state index is 0.0187. The number of urea groups is 1. The fraction of sp³-hybridized carbons (Fsp3) is 0.292. The second kappa shape index (κ2) is 11.4. The summed E-state index contributed by atoms with van der Waals surface area (Å²) >= 11 is 7.83. The van der Waals surface area contributed by atoms with Gasteiger partial charge in [-0.1, -0.05) is 29.8 Å². The number of nitrogens with zero attached hydrogens (tertiary/aromatic N) is 3. The van der Waals surface area contributed by atoms with Crippen molar-refractivity contribution in [2.24, 2.45) is 0 Å². The van der Waals surface area contributed by atoms with Crippen molar-refractivity contribution < 1.29 is 37.3 Å². The van der Waals surface area contributed by atoms with Crippen molar-refractivity contribution in [3.05, 3.63) is 68.5 Å². The van der Waals surface area contributed by atoms with Crippen molar-refractivity contribution in [1.82, 2.24) is 19.8 Å². The topological polar surface area (TPSA) is 106 Å². The number of ether oxygens (including phenoxy) is 2. The third-order valence-corrected chi connectivity index (χ3v) is 6.70. The first-order chi connectivity index (χ1) is 17.9. The number of nitrogens with one attached hydrogen (secondary N) is 1. The van der Waals surface area contributed by atoms with Crippen LogP contribution in [0.1, 0.15) is 28.9 Å². The summed E-state index contributed by atoms with van der Waals surface area (Å²) in [5.74, 6) is -1.18. The minimum Gasteiger partial charge on any atom is -0.425 e. The van der Waals surface area contributed by atoms with Crippen LogP contribution in [0.25, 0.3) is 0 Å². The van der Waals surface area contributed by atoms with Gasteiger partial charge in [0.1, 0.15) is 20.9 Å². The Hall–Kier alpha value is -3.04. The average Bonchev–Trinajstić information content (AvgIpc) is 3.12. The first kappa shape index (κ1) is 28.0. The highest BCUT2D eigenvalue weighted by Gasteiger charge is 2.41. The first-order valence-corrected chi connectivity index (χ1v) is 12.7. The van der Waals surface area contributed by atoms with Crippen molar-refractivity contribution in [3.8, 4) is 17.5 Å². The monoisotopic (exact) mass is 664 g/mol. The van der Waals surface area contributed by atoms with Gasteiger partial charge in [0.2, 0.25) is 0 Å². The third-order valence-electron chi connectivity index (χ3n) is 5.70. The Bertz CT molecular complexity index is 1330. The number of aliphatic hydroxyl groups is 1. The number of aliphatic hydroxyl groups excluding tert-OH is 1. The van der Waals surface area contributed by atoms with E-state index >= 15 is 0 Å². The molecule has 0 aliphatic heterocycles. The molecule has 2 N–H and O–H groups in total. The first-order valence-electron chi connectivity index (χ1n) is 11.2. The van der Waals surface area contributed by atoms with Gasteiger partial charge >= 0.3 is 18.4 Å². The molecule has 0 saturated heterocycles. The standard InChI is InChI=1S/C24H21ClF3IN4O5/c1-30-22(36)33(15-9-16(34)10-15)21(35)19-20(29)31-23(32(19)12-13-5-7-14(25)8-6-13)37-17-3-2-4-18(11-17)38-24(26,27)28/h2-8,11,15-16,34H,9-10,12H2,1H3,(H,30,36). The lowest BCUT2D eigenvalue weighted by Crippen LogP contribution is -2.55. The van der Waals surface area contributed by atoms with Crippen LogP contribution in [0.3, 0.4) is 0 Å². The summed E-state index contributed by atoms with van der Waals surface area (Å²) < 4.78 is 49.5. The van der Waals surface area contributed by atoms with E-state index in [0.29, 0.717) is 10.6 Å². The van der Waals surface area contributed by atoms with Gasteiger partial charge in [0.15, 0.2) is 0 Å². The molecule has 1 aromatic heterocycles. The zero-order chi connectivity index (χ0) is 27.6. The van der Waals surface area contributed by atoms with E-state index in [1.54, 1.807) is 24.3 Å². The number of amides is 3. The molecular formula is C24H21ClF3IN4O5. The summed E-state index contributed by atoms with van der Waals surface area (Å²) in [6.07, 6.45) is -5.05. The number of carbonyl (C=O) groups excluding carboxylic acids is 2. The van der Waals surface area contributed by atoms with Crippen LogP contribution in [0.4, 0.5) is 18.0 Å². The second-order valence-corrected chi connectivity index (χ2v) is 9.84. The molecule has 0 spiro atoms. The molecule has 0 atom stereocenters. The van der Waals surface area contributed by atoms with Crippen molar-refractivity contribution >= 4 is 46.1 Å². The number of carbonyl (C=O) groups is 2. The highest BCUT2D eigenvalue weighted by molar-refractivity contribution is 14.1. The lowest BCUT2D eigenvalue weighted by atomic mass is 9.88. The zero-order valence-corrected chi connectivity index (χ0v) is 22.6. The maximum atomic E-state index is 13.7. The molecule has 2 aromatic carbocycles. The minimum atomic E-state index is -4.89. The number of rotatable bonds is 7. The van der Waals surface area contributed by atoms with Crippen LogP contribution in [-0.2, 0) is 6.54 Å². The van der Waals surface area contributed by atoms with Gasteiger partial charge in [0.25, 0.3) is 5.91 Å². The zero-order valence-electron chi connectivity index (χ0n) is 19.7. The fourth-order valence-corrected chi connectivity index (χ4v) is 4.73. The number of benzene rings is 2. The van der Waals surface area contributed by atoms with Gasteiger partial charge in [0.05, 0.1) is 12.6 Å². The van der Waals surface area contributed by atoms with Gasteiger partial charge in [-0.15, -0.1) is 13.2 Å². The van der Waals surface area contributed by atoms with Crippen molar-refractivity contribution in [2.75, 3.05) is 7.05 Å². The van der Waals surface area contributed by atoms with E-state index in [4.69, 9.17) is 16.3 Å². The Labute approximate surface area is 233 Å². The summed E-state index contributed by atoms with van der Waals surface area (Å²) in [4.78, 5) is 31.8. The van der Waals surface area contributed by atoms with Crippen molar-refractivity contribution in [2.45, 2.75) is 37.9 Å². The molecule has 3 amide bonds. The number of aromatic nitrogens is 2. The number of imidazole rings is 1. The van der Waals surface area contributed by atoms with E-state index in [9.17, 15) is 27.9 Å². The smallest absolute Gasteiger partial charge is 0.425 e. The molecule has 0 radical (unpaired) electrons. The Morgan fingerprint density at radius 2 is 1.87 bits per heavy atom. The van der Waals surface area contributed by atoms with Crippen LogP contribution in [0.5, 0.6) is 17.5 Å². The molecule has 38 heavy (non-hydrogen) atoms. The average molecular weight is 665 g/mol. The molecule has 4 rings (SSSR count). The summed E-state index contributed by atoms with van der Waals surface area (Å²) in [5, 5.41) is 12.7. The van der Waals surface area contributed by atoms with Crippen LogP contribution in [0.15, 0.2) is 48.5 Å². The van der Waals surface area contributed by atoms with Crippen LogP contribution >= 0.6 is 34.2 Å². The van der Waals surface area contributed by atoms with E-state index < -0.39 is 36.2 Å². The predicted molar refractivity (Wildman–Crippen MR) is 138 cm³/mol. The van der Waals surface area contributed by atoms with Crippen LogP contribution in [0, 0.1) is 3.70 Å². The fourth-order valence-electron chi connectivity index (χ4n) is 3.87. The molecule has 1 heterocycles. The Morgan fingerprint density at radius 1 is 1.21 bits per heavy atom. The van der Waals surface area contributed by atoms with E-state index in [1.807, 2.05) is 22.6 Å². The number of imide groups is 1. The van der Waals surface area contributed by atoms with Gasteiger partial charge in [-0.2, -0.15) is 4.98 Å². The summed E-state index contributed by atoms with van der Waals surface area (Å²) in [6, 6.07) is 10.4. The van der Waals surface area contributed by atoms with Crippen LogP contribution in [0.2, 0.25) is 5.02 Å². The van der Waals surface area contributed by atoms with Gasteiger partial charge in [-0.05, 0) is 65.3 Å². The normalized spacial score (nSPS) is 16.9. The lowest BCUT2D eigenvalue weighted by Gasteiger charge is -2.39. The largest absolute Gasteiger partial charge is 0.573 e. The summed E-state index contributed by atoms with van der Waals surface area (Å²) in [7, 11) is 1.39. The molecule has 1 aliphatic rings. The molecule has 9 nitrogen and oxygen atoms in total. The second-order valence-electron chi connectivity index (χ2n) is 8.38. The van der Waals surface area contributed by atoms with Gasteiger partial charge in [-0.3, -0.25) is 14.3 Å². The third kappa shape index (κ3) is 6.50. The Morgan fingerprint density at radius 3 is 2.47 bits per heavy atom. The molecule has 1 aliphatic carbocycles. The van der Waals surface area contributed by atoms with E-state index in [1.165, 1.54) is 23.7 Å². The SMILES string of the molecule is CNC(=O)N(C(=O)c1c(I)nc(Oc2cccc(OC(F)(F)F)c2)n1Cc1ccc(Cl)cc1)C1CC(O)C1. The molecular weight excluding hydrogens is 644 g/mol. The Kier molecular flexibility index (Phi) is 8.37. The molecule has 14 heteroatoms. The number of alkyl halides is 3.